The van der Waals surface area contributed by atoms with Gasteiger partial charge in [0.1, 0.15) is 5.75 Å². The molecule has 6 nitrogen and oxygen atoms in total. The van der Waals surface area contributed by atoms with Crippen LogP contribution in [0.2, 0.25) is 0 Å². The van der Waals surface area contributed by atoms with Gasteiger partial charge in [-0.3, -0.25) is 14.5 Å². The van der Waals surface area contributed by atoms with Crippen molar-refractivity contribution in [3.8, 4) is 5.75 Å². The molecule has 148 valence electrons. The molecule has 6 heteroatoms. The molecule has 1 aromatic carbocycles. The second-order valence-electron chi connectivity index (χ2n) is 7.29. The van der Waals surface area contributed by atoms with Gasteiger partial charge in [-0.2, -0.15) is 5.10 Å². The van der Waals surface area contributed by atoms with Gasteiger partial charge in [-0.15, -0.1) is 0 Å². The molecule has 0 aliphatic carbocycles. The van der Waals surface area contributed by atoms with Gasteiger partial charge in [-0.25, -0.2) is 0 Å². The molecule has 1 aromatic heterocycles. The number of para-hydroxylation sites is 1. The van der Waals surface area contributed by atoms with E-state index in [4.69, 9.17) is 4.74 Å². The molecule has 1 atom stereocenters. The highest BCUT2D eigenvalue weighted by Crippen LogP contribution is 2.24. The Morgan fingerprint density at radius 2 is 2.00 bits per heavy atom. The fourth-order valence-electron chi connectivity index (χ4n) is 3.82. The maximum Gasteiger partial charge on any atom is 0.123 e. The van der Waals surface area contributed by atoms with E-state index >= 15 is 0 Å². The molecule has 1 aliphatic heterocycles. The number of aliphatic hydroxyl groups is 1. The Hall–Kier alpha value is -1.89. The summed E-state index contributed by atoms with van der Waals surface area (Å²) in [5, 5.41) is 13.9. The van der Waals surface area contributed by atoms with Gasteiger partial charge >= 0.3 is 0 Å². The third-order valence-electron chi connectivity index (χ3n) is 5.53. The minimum atomic E-state index is 0.216. The molecular formula is C21H32N4O2. The Morgan fingerprint density at radius 1 is 1.19 bits per heavy atom. The van der Waals surface area contributed by atoms with Crippen molar-refractivity contribution in [1.82, 2.24) is 19.6 Å². The fourth-order valence-corrected chi connectivity index (χ4v) is 3.82. The molecule has 27 heavy (non-hydrogen) atoms. The van der Waals surface area contributed by atoms with Crippen molar-refractivity contribution in [2.24, 2.45) is 7.05 Å². The summed E-state index contributed by atoms with van der Waals surface area (Å²) >= 11 is 0. The average molecular weight is 373 g/mol. The first kappa shape index (κ1) is 19.9. The number of ether oxygens (including phenoxy) is 1. The third kappa shape index (κ3) is 4.89. The maximum atomic E-state index is 9.58. The summed E-state index contributed by atoms with van der Waals surface area (Å²) in [5.74, 6) is 0.969. The monoisotopic (exact) mass is 372 g/mol. The van der Waals surface area contributed by atoms with Crippen LogP contribution in [-0.2, 0) is 20.1 Å². The zero-order chi connectivity index (χ0) is 19.2. The molecule has 0 bridgehead atoms. The van der Waals surface area contributed by atoms with Crippen LogP contribution >= 0.6 is 0 Å². The van der Waals surface area contributed by atoms with Gasteiger partial charge in [0.25, 0.3) is 0 Å². The van der Waals surface area contributed by atoms with Gasteiger partial charge in [0.15, 0.2) is 0 Å². The van der Waals surface area contributed by atoms with Crippen molar-refractivity contribution < 1.29 is 9.84 Å². The van der Waals surface area contributed by atoms with Crippen LogP contribution in [-0.4, -0.2) is 63.6 Å². The molecular weight excluding hydrogens is 340 g/mol. The maximum absolute atomic E-state index is 9.58. The number of rotatable bonds is 8. The topological polar surface area (TPSA) is 53.8 Å². The molecule has 2 aromatic rings. The zero-order valence-corrected chi connectivity index (χ0v) is 16.8. The van der Waals surface area contributed by atoms with E-state index in [0.29, 0.717) is 12.6 Å². The molecule has 0 unspecified atom stereocenters. The van der Waals surface area contributed by atoms with E-state index in [1.54, 1.807) is 0 Å². The van der Waals surface area contributed by atoms with Crippen molar-refractivity contribution in [2.75, 3.05) is 32.8 Å². The molecule has 3 rings (SSSR count). The van der Waals surface area contributed by atoms with Crippen molar-refractivity contribution in [3.63, 3.8) is 0 Å². The van der Waals surface area contributed by atoms with E-state index < -0.39 is 0 Å². The van der Waals surface area contributed by atoms with Crippen molar-refractivity contribution in [1.29, 1.82) is 0 Å². The van der Waals surface area contributed by atoms with Crippen LogP contribution in [0.1, 0.15) is 30.2 Å². The molecule has 0 amide bonds. The van der Waals surface area contributed by atoms with E-state index in [9.17, 15) is 5.11 Å². The summed E-state index contributed by atoms with van der Waals surface area (Å²) < 4.78 is 7.73. The van der Waals surface area contributed by atoms with Gasteiger partial charge in [-0.1, -0.05) is 18.2 Å². The fraction of sp³-hybridized carbons (Fsp3) is 0.571. The number of aliphatic hydroxyl groups excluding tert-OH is 1. The molecule has 0 spiro atoms. The van der Waals surface area contributed by atoms with E-state index in [1.807, 2.05) is 37.0 Å². The lowest BCUT2D eigenvalue weighted by Crippen LogP contribution is -2.52. The highest BCUT2D eigenvalue weighted by atomic mass is 16.5. The minimum absolute atomic E-state index is 0.216. The SMILES string of the molecule is CCOc1ccccc1CN1CCN(Cc2cnn(C)c2C)C[C@@H]1CCO. The number of hydrogen-bond donors (Lipinski definition) is 1. The van der Waals surface area contributed by atoms with E-state index in [1.165, 1.54) is 16.8 Å². The Labute approximate surface area is 162 Å². The molecule has 0 radical (unpaired) electrons. The second-order valence-corrected chi connectivity index (χ2v) is 7.29. The van der Waals surface area contributed by atoms with Gasteiger partial charge in [0.2, 0.25) is 0 Å². The lowest BCUT2D eigenvalue weighted by Gasteiger charge is -2.41. The number of nitrogens with zero attached hydrogens (tertiary/aromatic N) is 4. The molecule has 1 fully saturated rings. The first-order valence-corrected chi connectivity index (χ1v) is 9.87. The Kier molecular flexibility index (Phi) is 6.88. The third-order valence-corrected chi connectivity index (χ3v) is 5.53. The normalized spacial score (nSPS) is 18.7. The largest absolute Gasteiger partial charge is 0.494 e. The summed E-state index contributed by atoms with van der Waals surface area (Å²) in [6.45, 7) is 9.79. The van der Waals surface area contributed by atoms with E-state index in [-0.39, 0.29) is 6.61 Å². The smallest absolute Gasteiger partial charge is 0.123 e. The number of benzene rings is 1. The lowest BCUT2D eigenvalue weighted by atomic mass is 10.1. The quantitative estimate of drug-likeness (QED) is 0.770. The number of aryl methyl sites for hydroxylation is 1. The molecule has 1 aliphatic rings. The van der Waals surface area contributed by atoms with Gasteiger partial charge in [0, 0.05) is 69.2 Å². The Morgan fingerprint density at radius 3 is 2.70 bits per heavy atom. The molecule has 0 saturated carbocycles. The number of hydrogen-bond acceptors (Lipinski definition) is 5. The highest BCUT2D eigenvalue weighted by molar-refractivity contribution is 5.33. The van der Waals surface area contributed by atoms with Gasteiger partial charge in [-0.05, 0) is 26.3 Å². The van der Waals surface area contributed by atoms with E-state index in [2.05, 4.69) is 34.0 Å². The van der Waals surface area contributed by atoms with Crippen LogP contribution in [0.25, 0.3) is 0 Å². The van der Waals surface area contributed by atoms with Crippen molar-refractivity contribution in [3.05, 3.63) is 47.3 Å². The first-order valence-electron chi connectivity index (χ1n) is 9.87. The first-order chi connectivity index (χ1) is 13.1. The number of aromatic nitrogens is 2. The van der Waals surface area contributed by atoms with Crippen molar-refractivity contribution >= 4 is 0 Å². The predicted molar refractivity (Wildman–Crippen MR) is 107 cm³/mol. The van der Waals surface area contributed by atoms with Crippen LogP contribution < -0.4 is 4.74 Å². The van der Waals surface area contributed by atoms with Crippen LogP contribution in [0.5, 0.6) is 5.75 Å². The molecule has 1 saturated heterocycles. The van der Waals surface area contributed by atoms with Crippen LogP contribution in [0, 0.1) is 6.92 Å². The highest BCUT2D eigenvalue weighted by Gasteiger charge is 2.27. The average Bonchev–Trinajstić information content (AvgIpc) is 2.98. The van der Waals surface area contributed by atoms with Crippen molar-refractivity contribution in [2.45, 2.75) is 39.4 Å². The van der Waals surface area contributed by atoms with Crippen LogP contribution in [0.15, 0.2) is 30.5 Å². The summed E-state index contributed by atoms with van der Waals surface area (Å²) in [7, 11) is 1.99. The van der Waals surface area contributed by atoms with Crippen LogP contribution in [0.4, 0.5) is 0 Å². The summed E-state index contributed by atoms with van der Waals surface area (Å²) in [4.78, 5) is 4.97. The second kappa shape index (κ2) is 9.35. The Balaban J connectivity index is 1.67. The lowest BCUT2D eigenvalue weighted by molar-refractivity contribution is 0.0493. The summed E-state index contributed by atoms with van der Waals surface area (Å²) in [5.41, 5.74) is 3.73. The minimum Gasteiger partial charge on any atom is -0.494 e. The Bertz CT molecular complexity index is 731. The summed E-state index contributed by atoms with van der Waals surface area (Å²) in [6, 6.07) is 8.62. The van der Waals surface area contributed by atoms with Crippen LogP contribution in [0.3, 0.4) is 0 Å². The van der Waals surface area contributed by atoms with Gasteiger partial charge in [0.05, 0.1) is 12.8 Å². The van der Waals surface area contributed by atoms with E-state index in [0.717, 1.165) is 44.9 Å². The molecule has 1 N–H and O–H groups in total. The summed E-state index contributed by atoms with van der Waals surface area (Å²) in [6.07, 6.45) is 2.76. The predicted octanol–water partition coefficient (Wildman–Crippen LogP) is 2.20. The zero-order valence-electron chi connectivity index (χ0n) is 16.8. The molecule has 2 heterocycles. The van der Waals surface area contributed by atoms with Gasteiger partial charge < -0.3 is 9.84 Å². The standard InChI is InChI=1S/C21H32N4O2/c1-4-27-21-8-6-5-7-18(21)15-25-11-10-24(16-20(25)9-12-26)14-19-13-22-23(3)17(19)2/h5-8,13,20,26H,4,9-12,14-16H2,1-3H3/t20-/m0/s1. The number of piperazine rings is 1.